The van der Waals surface area contributed by atoms with Crippen molar-refractivity contribution in [1.29, 1.82) is 0 Å². The van der Waals surface area contributed by atoms with Gasteiger partial charge in [-0.25, -0.2) is 10.4 Å². The van der Waals surface area contributed by atoms with Crippen molar-refractivity contribution in [2.24, 2.45) is 5.10 Å². The Hall–Kier alpha value is -3.91. The summed E-state index contributed by atoms with van der Waals surface area (Å²) >= 11 is 1.16. The Morgan fingerprint density at radius 3 is 2.52 bits per heavy atom. The largest absolute Gasteiger partial charge is 0.508 e. The molecule has 0 fully saturated rings. The number of para-hydroxylation sites is 2. The summed E-state index contributed by atoms with van der Waals surface area (Å²) < 4.78 is 1.51. The second-order valence-electron chi connectivity index (χ2n) is 6.56. The Bertz CT molecular complexity index is 1300. The first-order chi connectivity index (χ1) is 15.1. The van der Waals surface area contributed by atoms with E-state index >= 15 is 0 Å². The molecule has 4 rings (SSSR count). The predicted molar refractivity (Wildman–Crippen MR) is 122 cm³/mol. The maximum atomic E-state index is 13.1. The molecule has 0 aliphatic rings. The number of nitrogens with zero attached hydrogens (tertiary/aromatic N) is 3. The first kappa shape index (κ1) is 20.4. The molecule has 0 radical (unpaired) electrons. The van der Waals surface area contributed by atoms with Crippen molar-refractivity contribution in [2.45, 2.75) is 5.16 Å². The molecule has 1 heterocycles. The zero-order valence-corrected chi connectivity index (χ0v) is 17.1. The van der Waals surface area contributed by atoms with Gasteiger partial charge in [-0.15, -0.1) is 0 Å². The molecular formula is C23H18N4O3S. The van der Waals surface area contributed by atoms with Crippen molar-refractivity contribution >= 4 is 34.8 Å². The number of phenolic OH excluding ortho intramolecular Hbond substituents is 1. The SMILES string of the molecule is O=C(CSc1nc2ccccc2c(=O)n1-c1ccccc1)N/N=C/c1ccc(O)cc1. The van der Waals surface area contributed by atoms with Crippen molar-refractivity contribution in [2.75, 3.05) is 5.75 Å². The minimum atomic E-state index is -0.331. The molecule has 31 heavy (non-hydrogen) atoms. The number of nitrogens with one attached hydrogen (secondary N) is 1. The summed E-state index contributed by atoms with van der Waals surface area (Å²) in [4.78, 5) is 30.0. The number of carbonyl (C=O) groups excluding carboxylic acids is 1. The third-order valence-corrected chi connectivity index (χ3v) is 5.33. The van der Waals surface area contributed by atoms with Gasteiger partial charge in [-0.05, 0) is 54.1 Å². The molecule has 0 bridgehead atoms. The Labute approximate surface area is 182 Å². The number of amides is 1. The molecule has 0 aliphatic heterocycles. The van der Waals surface area contributed by atoms with E-state index in [1.807, 2.05) is 36.4 Å². The van der Waals surface area contributed by atoms with Crippen LogP contribution >= 0.6 is 11.8 Å². The molecule has 0 atom stereocenters. The van der Waals surface area contributed by atoms with Gasteiger partial charge in [0.15, 0.2) is 5.16 Å². The highest BCUT2D eigenvalue weighted by Crippen LogP contribution is 2.21. The van der Waals surface area contributed by atoms with E-state index in [9.17, 15) is 14.7 Å². The number of aromatic nitrogens is 2. The van der Waals surface area contributed by atoms with E-state index in [0.29, 0.717) is 21.7 Å². The Kier molecular flexibility index (Phi) is 6.09. The molecule has 0 saturated carbocycles. The number of rotatable bonds is 6. The third-order valence-electron chi connectivity index (χ3n) is 4.39. The minimum Gasteiger partial charge on any atom is -0.508 e. The molecule has 4 aromatic rings. The van der Waals surface area contributed by atoms with Gasteiger partial charge in [-0.3, -0.25) is 14.2 Å². The van der Waals surface area contributed by atoms with Crippen LogP contribution in [0.1, 0.15) is 5.56 Å². The smallest absolute Gasteiger partial charge is 0.266 e. The van der Waals surface area contributed by atoms with Gasteiger partial charge < -0.3 is 5.11 Å². The van der Waals surface area contributed by atoms with Crippen LogP contribution in [0.2, 0.25) is 0 Å². The molecule has 1 amide bonds. The lowest BCUT2D eigenvalue weighted by Gasteiger charge is -2.12. The number of phenols is 1. The third kappa shape index (κ3) is 4.81. The minimum absolute atomic E-state index is 0.0323. The molecule has 2 N–H and O–H groups in total. The van der Waals surface area contributed by atoms with Gasteiger partial charge >= 0.3 is 0 Å². The molecule has 7 nitrogen and oxygen atoms in total. The van der Waals surface area contributed by atoms with E-state index < -0.39 is 0 Å². The molecule has 3 aromatic carbocycles. The van der Waals surface area contributed by atoms with Gasteiger partial charge in [0.25, 0.3) is 11.5 Å². The van der Waals surface area contributed by atoms with E-state index in [1.165, 1.54) is 22.9 Å². The second-order valence-corrected chi connectivity index (χ2v) is 7.50. The Balaban J connectivity index is 1.54. The summed E-state index contributed by atoms with van der Waals surface area (Å²) in [5.41, 5.74) is 4.26. The van der Waals surface area contributed by atoms with Gasteiger partial charge in [0.2, 0.25) is 0 Å². The number of hydrazone groups is 1. The van der Waals surface area contributed by atoms with E-state index in [2.05, 4.69) is 15.5 Å². The maximum Gasteiger partial charge on any atom is 0.266 e. The lowest BCUT2D eigenvalue weighted by Crippen LogP contribution is -2.24. The summed E-state index contributed by atoms with van der Waals surface area (Å²) in [6, 6.07) is 22.8. The molecule has 0 spiro atoms. The van der Waals surface area contributed by atoms with Crippen LogP contribution in [0.4, 0.5) is 0 Å². The second kappa shape index (κ2) is 9.27. The topological polar surface area (TPSA) is 96.6 Å². The van der Waals surface area contributed by atoms with Crippen LogP contribution in [0, 0.1) is 0 Å². The van der Waals surface area contributed by atoms with E-state index in [0.717, 1.165) is 17.3 Å². The molecular weight excluding hydrogens is 412 g/mol. The standard InChI is InChI=1S/C23H18N4O3S/c28-18-12-10-16(11-13-18)14-24-26-21(29)15-31-23-25-20-9-5-4-8-19(20)22(30)27(23)17-6-2-1-3-7-17/h1-14,28H,15H2,(H,26,29)/b24-14+. The van der Waals surface area contributed by atoms with Crippen LogP contribution in [0.15, 0.2) is 93.9 Å². The fraction of sp³-hybridized carbons (Fsp3) is 0.0435. The number of benzene rings is 3. The van der Waals surface area contributed by atoms with E-state index in [-0.39, 0.29) is 23.0 Å². The molecule has 8 heteroatoms. The summed E-state index contributed by atoms with van der Waals surface area (Å²) in [7, 11) is 0. The number of hydrogen-bond acceptors (Lipinski definition) is 6. The molecule has 0 aliphatic carbocycles. The van der Waals surface area contributed by atoms with Gasteiger partial charge in [-0.2, -0.15) is 5.10 Å². The van der Waals surface area contributed by atoms with Crippen molar-refractivity contribution in [3.63, 3.8) is 0 Å². The van der Waals surface area contributed by atoms with Gasteiger partial charge in [0.1, 0.15) is 5.75 Å². The highest BCUT2D eigenvalue weighted by molar-refractivity contribution is 7.99. The highest BCUT2D eigenvalue weighted by atomic mass is 32.2. The highest BCUT2D eigenvalue weighted by Gasteiger charge is 2.14. The maximum absolute atomic E-state index is 13.1. The first-order valence-corrected chi connectivity index (χ1v) is 10.4. The van der Waals surface area contributed by atoms with Gasteiger partial charge in [-0.1, -0.05) is 42.1 Å². The number of aromatic hydroxyl groups is 1. The zero-order chi connectivity index (χ0) is 21.6. The monoisotopic (exact) mass is 430 g/mol. The molecule has 1 aromatic heterocycles. The van der Waals surface area contributed by atoms with E-state index in [4.69, 9.17) is 0 Å². The molecule has 0 saturated heterocycles. The molecule has 154 valence electrons. The van der Waals surface area contributed by atoms with Crippen LogP contribution in [0.3, 0.4) is 0 Å². The fourth-order valence-corrected chi connectivity index (χ4v) is 3.72. The Morgan fingerprint density at radius 1 is 1.03 bits per heavy atom. The van der Waals surface area contributed by atoms with Crippen molar-refractivity contribution in [3.05, 3.63) is 94.8 Å². The van der Waals surface area contributed by atoms with Crippen LogP contribution < -0.4 is 11.0 Å². The number of thioether (sulfide) groups is 1. The average molecular weight is 430 g/mol. The van der Waals surface area contributed by atoms with Crippen LogP contribution in [-0.4, -0.2) is 32.5 Å². The van der Waals surface area contributed by atoms with Gasteiger partial charge in [0, 0.05) is 0 Å². The van der Waals surface area contributed by atoms with Crippen LogP contribution in [0.5, 0.6) is 5.75 Å². The summed E-state index contributed by atoms with van der Waals surface area (Å²) in [5, 5.41) is 14.2. The first-order valence-electron chi connectivity index (χ1n) is 9.43. The normalized spacial score (nSPS) is 11.1. The van der Waals surface area contributed by atoms with Gasteiger partial charge in [0.05, 0.1) is 28.6 Å². The van der Waals surface area contributed by atoms with Crippen LogP contribution in [-0.2, 0) is 4.79 Å². The molecule has 0 unspecified atom stereocenters. The predicted octanol–water partition coefficient (Wildman–Crippen LogP) is 3.33. The number of fused-ring (bicyclic) bond motifs is 1. The van der Waals surface area contributed by atoms with E-state index in [1.54, 1.807) is 30.3 Å². The lowest BCUT2D eigenvalue weighted by atomic mass is 10.2. The average Bonchev–Trinajstić information content (AvgIpc) is 2.80. The quantitative estimate of drug-likeness (QED) is 0.212. The summed E-state index contributed by atoms with van der Waals surface area (Å²) in [6.07, 6.45) is 1.48. The Morgan fingerprint density at radius 2 is 1.74 bits per heavy atom. The number of carbonyl (C=O) groups is 1. The van der Waals surface area contributed by atoms with Crippen molar-refractivity contribution in [3.8, 4) is 11.4 Å². The van der Waals surface area contributed by atoms with Crippen LogP contribution in [0.25, 0.3) is 16.6 Å². The summed E-state index contributed by atoms with van der Waals surface area (Å²) in [5.74, 6) is -0.142. The number of hydrogen-bond donors (Lipinski definition) is 2. The van der Waals surface area contributed by atoms with Crippen molar-refractivity contribution < 1.29 is 9.90 Å². The lowest BCUT2D eigenvalue weighted by molar-refractivity contribution is -0.118. The van der Waals surface area contributed by atoms with Crippen molar-refractivity contribution in [1.82, 2.24) is 15.0 Å². The zero-order valence-electron chi connectivity index (χ0n) is 16.3. The fourth-order valence-electron chi connectivity index (χ4n) is 2.92. The summed E-state index contributed by atoms with van der Waals surface area (Å²) in [6.45, 7) is 0.